The summed E-state index contributed by atoms with van der Waals surface area (Å²) in [6, 6.07) is 32.9. The fourth-order valence-corrected chi connectivity index (χ4v) is 7.46. The number of benzene rings is 3. The van der Waals surface area contributed by atoms with Crippen LogP contribution in [-0.2, 0) is 0 Å². The Kier molecular flexibility index (Phi) is 5.55. The first-order valence-corrected chi connectivity index (χ1v) is 12.1. The van der Waals surface area contributed by atoms with Crippen LogP contribution in [0.5, 0.6) is 0 Å². The smallest absolute Gasteiger partial charge is 0.0675 e. The summed E-state index contributed by atoms with van der Waals surface area (Å²) in [7, 11) is -1.27. The van der Waals surface area contributed by atoms with Crippen LogP contribution in [0.2, 0.25) is 18.1 Å². The molecule has 0 N–H and O–H groups in total. The molecule has 0 aliphatic heterocycles. The lowest BCUT2D eigenvalue weighted by Gasteiger charge is -2.28. The van der Waals surface area contributed by atoms with E-state index in [9.17, 15) is 0 Å². The van der Waals surface area contributed by atoms with Gasteiger partial charge in [0.15, 0.2) is 0 Å². The molecule has 0 heterocycles. The van der Waals surface area contributed by atoms with Crippen molar-refractivity contribution in [1.29, 1.82) is 0 Å². The minimum Gasteiger partial charge on any atom is -0.0675 e. The summed E-state index contributed by atoms with van der Waals surface area (Å²) < 4.78 is 0. The second kappa shape index (κ2) is 7.84. The molecule has 0 aliphatic rings. The molecule has 3 aromatic carbocycles. The fourth-order valence-electron chi connectivity index (χ4n) is 3.86. The van der Waals surface area contributed by atoms with E-state index in [0.29, 0.717) is 0 Å². The van der Waals surface area contributed by atoms with E-state index in [0.717, 1.165) is 0 Å². The molecule has 25 heavy (non-hydrogen) atoms. The van der Waals surface area contributed by atoms with Crippen molar-refractivity contribution in [1.82, 2.24) is 0 Å². The summed E-state index contributed by atoms with van der Waals surface area (Å²) >= 11 is 0. The van der Waals surface area contributed by atoms with E-state index < -0.39 is 8.07 Å². The number of rotatable bonds is 6. The monoisotopic (exact) mass is 344 g/mol. The third kappa shape index (κ3) is 3.62. The zero-order chi connectivity index (χ0) is 17.7. The molecule has 0 bridgehead atoms. The van der Waals surface area contributed by atoms with E-state index in [1.165, 1.54) is 40.4 Å². The van der Waals surface area contributed by atoms with Crippen LogP contribution in [0.25, 0.3) is 22.3 Å². The van der Waals surface area contributed by atoms with Gasteiger partial charge in [0.05, 0.1) is 8.07 Å². The molecule has 0 unspecified atom stereocenters. The predicted octanol–water partition coefficient (Wildman–Crippen LogP) is 6.74. The average Bonchev–Trinajstić information content (AvgIpc) is 2.71. The van der Waals surface area contributed by atoms with Crippen molar-refractivity contribution >= 4 is 13.3 Å². The first kappa shape index (κ1) is 17.7. The van der Waals surface area contributed by atoms with Crippen LogP contribution in [0, 0.1) is 0 Å². The van der Waals surface area contributed by atoms with Gasteiger partial charge in [0.1, 0.15) is 0 Å². The highest BCUT2D eigenvalue weighted by Crippen LogP contribution is 2.26. The topological polar surface area (TPSA) is 0 Å². The Hall–Kier alpha value is -2.12. The molecule has 1 heteroatoms. The van der Waals surface area contributed by atoms with E-state index >= 15 is 0 Å². The molecule has 0 spiro atoms. The third-order valence-corrected chi connectivity index (χ3v) is 11.5. The van der Waals surface area contributed by atoms with Gasteiger partial charge in [-0.3, -0.25) is 0 Å². The first-order valence-electron chi connectivity index (χ1n) is 9.49. The lowest BCUT2D eigenvalue weighted by molar-refractivity contribution is 1.19. The van der Waals surface area contributed by atoms with Gasteiger partial charge in [-0.1, -0.05) is 123 Å². The number of hydrogen-bond acceptors (Lipinski definition) is 0. The van der Waals surface area contributed by atoms with E-state index in [-0.39, 0.29) is 0 Å². The van der Waals surface area contributed by atoms with Gasteiger partial charge in [-0.25, -0.2) is 0 Å². The van der Waals surface area contributed by atoms with Crippen LogP contribution in [0.15, 0.2) is 78.9 Å². The minimum absolute atomic E-state index is 1.27. The quantitative estimate of drug-likeness (QED) is 0.435. The SMILES string of the molecule is CC[Si](CC)(CC)c1ccc(-c2ccc(-c3ccccc3)cc2)cc1. The molecule has 0 amide bonds. The largest absolute Gasteiger partial charge is 0.0859 e. The Bertz CT molecular complexity index is 773. The summed E-state index contributed by atoms with van der Waals surface area (Å²) in [5.74, 6) is 0. The van der Waals surface area contributed by atoms with E-state index in [2.05, 4.69) is 99.6 Å². The molecule has 0 aromatic heterocycles. The van der Waals surface area contributed by atoms with Crippen molar-refractivity contribution in [3.63, 3.8) is 0 Å². The molecular weight excluding hydrogens is 316 g/mol. The summed E-state index contributed by atoms with van der Waals surface area (Å²) in [6.07, 6.45) is 0. The lowest BCUT2D eigenvalue weighted by atomic mass is 10.0. The van der Waals surface area contributed by atoms with Crippen molar-refractivity contribution in [2.24, 2.45) is 0 Å². The molecule has 0 aliphatic carbocycles. The van der Waals surface area contributed by atoms with Crippen LogP contribution in [0.3, 0.4) is 0 Å². The van der Waals surface area contributed by atoms with Gasteiger partial charge in [-0.2, -0.15) is 0 Å². The lowest BCUT2D eigenvalue weighted by Crippen LogP contribution is -2.45. The van der Waals surface area contributed by atoms with Gasteiger partial charge in [-0.05, 0) is 22.3 Å². The summed E-state index contributed by atoms with van der Waals surface area (Å²) in [4.78, 5) is 0. The van der Waals surface area contributed by atoms with Gasteiger partial charge in [0.25, 0.3) is 0 Å². The predicted molar refractivity (Wildman–Crippen MR) is 114 cm³/mol. The summed E-state index contributed by atoms with van der Waals surface area (Å²) in [5.41, 5.74) is 5.15. The van der Waals surface area contributed by atoms with E-state index in [1.54, 1.807) is 5.19 Å². The summed E-state index contributed by atoms with van der Waals surface area (Å²) in [5, 5.41) is 1.62. The number of hydrogen-bond donors (Lipinski definition) is 0. The average molecular weight is 345 g/mol. The van der Waals surface area contributed by atoms with Crippen LogP contribution in [0.1, 0.15) is 20.8 Å². The van der Waals surface area contributed by atoms with Crippen molar-refractivity contribution in [2.75, 3.05) is 0 Å². The van der Waals surface area contributed by atoms with Crippen molar-refractivity contribution < 1.29 is 0 Å². The molecular formula is C24H28Si. The maximum Gasteiger partial charge on any atom is 0.0859 e. The Morgan fingerprint density at radius 1 is 0.480 bits per heavy atom. The standard InChI is InChI=1S/C24H28Si/c1-4-25(5-2,6-3)24-18-16-23(17-19-24)22-14-12-21(13-15-22)20-10-8-7-9-11-20/h7-19H,4-6H2,1-3H3. The Balaban J connectivity index is 1.85. The Morgan fingerprint density at radius 2 is 0.840 bits per heavy atom. The molecule has 0 saturated heterocycles. The zero-order valence-electron chi connectivity index (χ0n) is 15.6. The van der Waals surface area contributed by atoms with E-state index in [1.807, 2.05) is 0 Å². The molecule has 3 aromatic rings. The van der Waals surface area contributed by atoms with Crippen molar-refractivity contribution in [3.8, 4) is 22.3 Å². The van der Waals surface area contributed by atoms with Crippen LogP contribution >= 0.6 is 0 Å². The molecule has 0 atom stereocenters. The van der Waals surface area contributed by atoms with Crippen molar-refractivity contribution in [2.45, 2.75) is 38.9 Å². The molecule has 3 rings (SSSR count). The Morgan fingerprint density at radius 3 is 1.24 bits per heavy atom. The molecule has 0 radical (unpaired) electrons. The molecule has 0 nitrogen and oxygen atoms in total. The Labute approximate surface area is 153 Å². The normalized spacial score (nSPS) is 11.5. The van der Waals surface area contributed by atoms with Crippen molar-refractivity contribution in [3.05, 3.63) is 78.9 Å². The highest BCUT2D eigenvalue weighted by molar-refractivity contribution is 6.91. The van der Waals surface area contributed by atoms with Gasteiger partial charge >= 0.3 is 0 Å². The fraction of sp³-hybridized carbons (Fsp3) is 0.250. The second-order valence-corrected chi connectivity index (χ2v) is 12.1. The third-order valence-electron chi connectivity index (χ3n) is 5.85. The maximum atomic E-state index is 2.39. The highest BCUT2D eigenvalue weighted by Gasteiger charge is 2.28. The van der Waals surface area contributed by atoms with Gasteiger partial charge in [0, 0.05) is 0 Å². The van der Waals surface area contributed by atoms with Crippen LogP contribution in [0.4, 0.5) is 0 Å². The summed E-state index contributed by atoms with van der Waals surface area (Å²) in [6.45, 7) is 7.11. The highest BCUT2D eigenvalue weighted by atomic mass is 28.3. The van der Waals surface area contributed by atoms with Crippen LogP contribution in [-0.4, -0.2) is 8.07 Å². The molecule has 0 fully saturated rings. The van der Waals surface area contributed by atoms with Gasteiger partial charge in [-0.15, -0.1) is 0 Å². The first-order chi connectivity index (χ1) is 12.2. The second-order valence-electron chi connectivity index (χ2n) is 6.86. The molecule has 128 valence electrons. The minimum atomic E-state index is -1.27. The van der Waals surface area contributed by atoms with E-state index in [4.69, 9.17) is 0 Å². The van der Waals surface area contributed by atoms with Gasteiger partial charge < -0.3 is 0 Å². The maximum absolute atomic E-state index is 2.39. The van der Waals surface area contributed by atoms with Gasteiger partial charge in [0.2, 0.25) is 0 Å². The zero-order valence-corrected chi connectivity index (χ0v) is 16.6. The molecule has 0 saturated carbocycles. The van der Waals surface area contributed by atoms with Crippen LogP contribution < -0.4 is 5.19 Å².